The van der Waals surface area contributed by atoms with Crippen molar-refractivity contribution in [3.05, 3.63) is 42.1 Å². The van der Waals surface area contributed by atoms with Crippen molar-refractivity contribution in [3.63, 3.8) is 0 Å². The fourth-order valence-corrected chi connectivity index (χ4v) is 2.89. The first-order valence-electron chi connectivity index (χ1n) is 7.04. The molecule has 5 nitrogen and oxygen atoms in total. The predicted octanol–water partition coefficient (Wildman–Crippen LogP) is 2.36. The van der Waals surface area contributed by atoms with Gasteiger partial charge in [0.2, 0.25) is 0 Å². The third kappa shape index (κ3) is 2.06. The number of para-hydroxylation sites is 1. The van der Waals surface area contributed by atoms with E-state index in [0.29, 0.717) is 17.2 Å². The number of H-pyrrole nitrogens is 1. The molecule has 1 fully saturated rings. The van der Waals surface area contributed by atoms with Crippen LogP contribution in [0.3, 0.4) is 0 Å². The average molecular weight is 280 g/mol. The second-order valence-corrected chi connectivity index (χ2v) is 5.69. The Kier molecular flexibility index (Phi) is 2.68. The zero-order valence-electron chi connectivity index (χ0n) is 11.7. The van der Waals surface area contributed by atoms with Crippen LogP contribution in [0.15, 0.2) is 36.4 Å². The molecule has 0 amide bonds. The van der Waals surface area contributed by atoms with E-state index in [0.717, 1.165) is 24.1 Å². The second kappa shape index (κ2) is 4.56. The third-order valence-electron chi connectivity index (χ3n) is 4.08. The molecule has 1 saturated heterocycles. The number of aromatic nitrogens is 3. The van der Waals surface area contributed by atoms with Gasteiger partial charge in [-0.2, -0.15) is 0 Å². The number of hydrogen-bond donors (Lipinski definition) is 2. The molecule has 3 aromatic rings. The molecule has 1 aromatic carbocycles. The van der Waals surface area contributed by atoms with E-state index in [1.165, 1.54) is 5.69 Å². The van der Waals surface area contributed by atoms with Crippen molar-refractivity contribution in [2.45, 2.75) is 5.92 Å². The molecule has 0 saturated carbocycles. The van der Waals surface area contributed by atoms with Gasteiger partial charge in [-0.1, -0.05) is 12.1 Å². The molecule has 1 aliphatic heterocycles. The van der Waals surface area contributed by atoms with Gasteiger partial charge < -0.3 is 15.0 Å². The van der Waals surface area contributed by atoms with Gasteiger partial charge in [0.05, 0.1) is 5.69 Å². The van der Waals surface area contributed by atoms with Gasteiger partial charge in [-0.15, -0.1) is 10.2 Å². The lowest BCUT2D eigenvalue weighted by molar-refractivity contribution is 0.187. The van der Waals surface area contributed by atoms with E-state index < -0.39 is 0 Å². The largest absolute Gasteiger partial charge is 0.507 e. The molecule has 3 heterocycles. The van der Waals surface area contributed by atoms with Gasteiger partial charge in [0, 0.05) is 35.7 Å². The average Bonchev–Trinajstić information content (AvgIpc) is 2.86. The van der Waals surface area contributed by atoms with Crippen molar-refractivity contribution in [2.24, 2.45) is 0 Å². The highest BCUT2D eigenvalue weighted by atomic mass is 16.3. The van der Waals surface area contributed by atoms with Gasteiger partial charge in [-0.3, -0.25) is 0 Å². The number of nitrogens with zero attached hydrogens (tertiary/aromatic N) is 3. The highest BCUT2D eigenvalue weighted by Crippen LogP contribution is 2.31. The maximum atomic E-state index is 9.92. The number of likely N-dealkylation sites (tertiary alicyclic amines) is 1. The number of phenolic OH excluding ortho intramolecular Hbond substituents is 1. The van der Waals surface area contributed by atoms with Gasteiger partial charge in [0.15, 0.2) is 5.65 Å². The van der Waals surface area contributed by atoms with E-state index >= 15 is 0 Å². The molecular formula is C16H16N4O. The monoisotopic (exact) mass is 280 g/mol. The smallest absolute Gasteiger partial charge is 0.160 e. The molecule has 0 aliphatic carbocycles. The minimum absolute atomic E-state index is 0.225. The standard InChI is InChI=1S/C16H16N4O/c1-20-8-11(9-20)13-6-10-7-14(18-19-16(10)17-13)12-4-2-3-5-15(12)21/h2-7,11,21H,8-9H2,1H3,(H,17,19). The van der Waals surface area contributed by atoms with Crippen LogP contribution in [0.2, 0.25) is 0 Å². The highest BCUT2D eigenvalue weighted by Gasteiger charge is 2.26. The SMILES string of the molecule is CN1CC(c2cc3cc(-c4ccccc4O)nnc3[nH]2)C1. The number of aromatic hydroxyl groups is 1. The lowest BCUT2D eigenvalue weighted by Crippen LogP contribution is -2.41. The molecule has 21 heavy (non-hydrogen) atoms. The number of nitrogens with one attached hydrogen (secondary N) is 1. The summed E-state index contributed by atoms with van der Waals surface area (Å²) in [5.74, 6) is 0.778. The van der Waals surface area contributed by atoms with Crippen molar-refractivity contribution in [3.8, 4) is 17.0 Å². The number of rotatable bonds is 2. The normalized spacial score (nSPS) is 16.2. The van der Waals surface area contributed by atoms with Gasteiger partial charge in [0.25, 0.3) is 0 Å². The van der Waals surface area contributed by atoms with Crippen molar-refractivity contribution in [2.75, 3.05) is 20.1 Å². The summed E-state index contributed by atoms with van der Waals surface area (Å²) < 4.78 is 0. The molecule has 2 aromatic heterocycles. The van der Waals surface area contributed by atoms with Crippen molar-refractivity contribution in [1.82, 2.24) is 20.1 Å². The second-order valence-electron chi connectivity index (χ2n) is 5.69. The molecule has 5 heteroatoms. The van der Waals surface area contributed by atoms with Crippen LogP contribution in [0.1, 0.15) is 11.6 Å². The van der Waals surface area contributed by atoms with Gasteiger partial charge >= 0.3 is 0 Å². The van der Waals surface area contributed by atoms with E-state index in [1.54, 1.807) is 12.1 Å². The summed E-state index contributed by atoms with van der Waals surface area (Å²) in [6.07, 6.45) is 0. The Morgan fingerprint density at radius 3 is 2.76 bits per heavy atom. The van der Waals surface area contributed by atoms with Crippen LogP contribution in [0, 0.1) is 0 Å². The molecule has 2 N–H and O–H groups in total. The lowest BCUT2D eigenvalue weighted by atomic mass is 9.97. The number of fused-ring (bicyclic) bond motifs is 1. The van der Waals surface area contributed by atoms with Crippen LogP contribution < -0.4 is 0 Å². The van der Waals surface area contributed by atoms with E-state index in [4.69, 9.17) is 0 Å². The summed E-state index contributed by atoms with van der Waals surface area (Å²) in [5.41, 5.74) is 3.42. The summed E-state index contributed by atoms with van der Waals surface area (Å²) in [6, 6.07) is 11.3. The van der Waals surface area contributed by atoms with Crippen LogP contribution in [0.25, 0.3) is 22.3 Å². The maximum absolute atomic E-state index is 9.92. The van der Waals surface area contributed by atoms with Crippen LogP contribution in [-0.4, -0.2) is 45.3 Å². The van der Waals surface area contributed by atoms with Gasteiger partial charge in [-0.25, -0.2) is 0 Å². The zero-order chi connectivity index (χ0) is 14.4. The summed E-state index contributed by atoms with van der Waals surface area (Å²) in [6.45, 7) is 2.15. The molecule has 4 rings (SSSR count). The highest BCUT2D eigenvalue weighted by molar-refractivity contribution is 5.81. The lowest BCUT2D eigenvalue weighted by Gasteiger charge is -2.35. The minimum atomic E-state index is 0.225. The zero-order valence-corrected chi connectivity index (χ0v) is 11.7. The van der Waals surface area contributed by atoms with Crippen LogP contribution in [-0.2, 0) is 0 Å². The van der Waals surface area contributed by atoms with Crippen LogP contribution >= 0.6 is 0 Å². The maximum Gasteiger partial charge on any atom is 0.160 e. The van der Waals surface area contributed by atoms with E-state index in [9.17, 15) is 5.11 Å². The van der Waals surface area contributed by atoms with Gasteiger partial charge in [0.1, 0.15) is 5.75 Å². The Labute approximate surface area is 122 Å². The first-order chi connectivity index (χ1) is 10.2. The number of hydrogen-bond acceptors (Lipinski definition) is 4. The molecule has 0 spiro atoms. The fraction of sp³-hybridized carbons (Fsp3) is 0.250. The minimum Gasteiger partial charge on any atom is -0.507 e. The molecular weight excluding hydrogens is 264 g/mol. The summed E-state index contributed by atoms with van der Waals surface area (Å²) >= 11 is 0. The first-order valence-corrected chi connectivity index (χ1v) is 7.04. The fourth-order valence-electron chi connectivity index (χ4n) is 2.89. The quantitative estimate of drug-likeness (QED) is 0.756. The molecule has 0 atom stereocenters. The Morgan fingerprint density at radius 1 is 1.19 bits per heavy atom. The topological polar surface area (TPSA) is 65.0 Å². The van der Waals surface area contributed by atoms with Gasteiger partial charge in [-0.05, 0) is 31.3 Å². The molecule has 0 bridgehead atoms. The predicted molar refractivity (Wildman–Crippen MR) is 81.2 cm³/mol. The van der Waals surface area contributed by atoms with Crippen molar-refractivity contribution in [1.29, 1.82) is 0 Å². The first kappa shape index (κ1) is 12.3. The van der Waals surface area contributed by atoms with Crippen molar-refractivity contribution >= 4 is 11.0 Å². The number of phenols is 1. The van der Waals surface area contributed by atoms with Crippen LogP contribution in [0.5, 0.6) is 5.75 Å². The van der Waals surface area contributed by atoms with E-state index in [1.807, 2.05) is 18.2 Å². The summed E-state index contributed by atoms with van der Waals surface area (Å²) in [5, 5.41) is 19.4. The Balaban J connectivity index is 1.75. The van der Waals surface area contributed by atoms with E-state index in [2.05, 4.69) is 33.2 Å². The van der Waals surface area contributed by atoms with Crippen LogP contribution in [0.4, 0.5) is 0 Å². The third-order valence-corrected chi connectivity index (χ3v) is 4.08. The Hall–Kier alpha value is -2.40. The Morgan fingerprint density at radius 2 is 2.00 bits per heavy atom. The van der Waals surface area contributed by atoms with Crippen molar-refractivity contribution < 1.29 is 5.11 Å². The molecule has 0 unspecified atom stereocenters. The summed E-state index contributed by atoms with van der Waals surface area (Å²) in [4.78, 5) is 5.64. The number of aromatic amines is 1. The number of likely N-dealkylation sites (N-methyl/N-ethyl adjacent to an activating group) is 1. The Bertz CT molecular complexity index is 805. The van der Waals surface area contributed by atoms with E-state index in [-0.39, 0.29) is 5.75 Å². The molecule has 106 valence electrons. The summed E-state index contributed by atoms with van der Waals surface area (Å²) in [7, 11) is 2.12. The molecule has 0 radical (unpaired) electrons. The number of benzene rings is 1. The molecule has 1 aliphatic rings.